The molecule has 88 valence electrons. The molecule has 2 rings (SSSR count). The second kappa shape index (κ2) is 5.03. The summed E-state index contributed by atoms with van der Waals surface area (Å²) in [7, 11) is 0. The Hall–Kier alpha value is -1.78. The van der Waals surface area contributed by atoms with E-state index in [4.69, 9.17) is 5.84 Å². The second-order valence-electron chi connectivity index (χ2n) is 3.86. The Morgan fingerprint density at radius 1 is 1.29 bits per heavy atom. The maximum absolute atomic E-state index is 13.2. The second-order valence-corrected chi connectivity index (χ2v) is 3.86. The van der Waals surface area contributed by atoms with Crippen molar-refractivity contribution in [2.24, 2.45) is 5.84 Å². The van der Waals surface area contributed by atoms with E-state index in [1.165, 1.54) is 12.1 Å². The topological polar surface area (TPSA) is 50.9 Å². The fourth-order valence-corrected chi connectivity index (χ4v) is 1.82. The van der Waals surface area contributed by atoms with E-state index < -0.39 is 0 Å². The number of aryl methyl sites for hydroxylation is 1. The Morgan fingerprint density at radius 2 is 2.12 bits per heavy atom. The van der Waals surface area contributed by atoms with Crippen LogP contribution in [0.1, 0.15) is 22.9 Å². The molecule has 4 heteroatoms. The highest BCUT2D eigenvalue weighted by Crippen LogP contribution is 2.22. The predicted molar refractivity (Wildman–Crippen MR) is 64.5 cm³/mol. The maximum Gasteiger partial charge on any atom is 0.123 e. The average Bonchev–Trinajstić information content (AvgIpc) is 2.33. The molecule has 0 radical (unpaired) electrons. The summed E-state index contributed by atoms with van der Waals surface area (Å²) < 4.78 is 13.2. The molecule has 2 aromatic rings. The van der Waals surface area contributed by atoms with Gasteiger partial charge in [-0.05, 0) is 36.2 Å². The van der Waals surface area contributed by atoms with Gasteiger partial charge in [0.1, 0.15) is 5.82 Å². The van der Waals surface area contributed by atoms with E-state index in [1.807, 2.05) is 25.1 Å². The predicted octanol–water partition coefficient (Wildman–Crippen LogP) is 2.08. The number of hydrogen-bond acceptors (Lipinski definition) is 3. The Bertz CT molecular complexity index is 514. The van der Waals surface area contributed by atoms with Crippen LogP contribution in [0.2, 0.25) is 0 Å². The number of pyridine rings is 1. The largest absolute Gasteiger partial charge is 0.271 e. The summed E-state index contributed by atoms with van der Waals surface area (Å²) in [6.07, 6.45) is 1.70. The molecule has 0 amide bonds. The lowest BCUT2D eigenvalue weighted by molar-refractivity contribution is 0.596. The molecule has 0 saturated carbocycles. The van der Waals surface area contributed by atoms with Crippen LogP contribution >= 0.6 is 0 Å². The average molecular weight is 231 g/mol. The van der Waals surface area contributed by atoms with E-state index in [9.17, 15) is 4.39 Å². The molecule has 1 aromatic carbocycles. The van der Waals surface area contributed by atoms with Crippen molar-refractivity contribution in [1.29, 1.82) is 0 Å². The number of benzene rings is 1. The van der Waals surface area contributed by atoms with Gasteiger partial charge < -0.3 is 0 Å². The molecule has 1 aromatic heterocycles. The highest BCUT2D eigenvalue weighted by Gasteiger charge is 2.15. The first-order valence-corrected chi connectivity index (χ1v) is 5.35. The van der Waals surface area contributed by atoms with Gasteiger partial charge in [-0.2, -0.15) is 0 Å². The fourth-order valence-electron chi connectivity index (χ4n) is 1.82. The van der Waals surface area contributed by atoms with E-state index in [0.717, 1.165) is 16.8 Å². The van der Waals surface area contributed by atoms with Crippen LogP contribution in [0.3, 0.4) is 0 Å². The Balaban J connectivity index is 2.44. The molecule has 0 bridgehead atoms. The summed E-state index contributed by atoms with van der Waals surface area (Å²) in [4.78, 5) is 4.29. The lowest BCUT2D eigenvalue weighted by atomic mass is 10.0. The zero-order chi connectivity index (χ0) is 12.3. The minimum Gasteiger partial charge on any atom is -0.271 e. The zero-order valence-electron chi connectivity index (χ0n) is 9.52. The third-order valence-corrected chi connectivity index (χ3v) is 2.67. The molecule has 0 aliphatic heterocycles. The molecule has 3 N–H and O–H groups in total. The van der Waals surface area contributed by atoms with Crippen molar-refractivity contribution in [2.75, 3.05) is 0 Å². The van der Waals surface area contributed by atoms with Crippen molar-refractivity contribution in [1.82, 2.24) is 10.4 Å². The highest BCUT2D eigenvalue weighted by molar-refractivity contribution is 5.32. The van der Waals surface area contributed by atoms with Gasteiger partial charge in [0.15, 0.2) is 0 Å². The molecular formula is C13H14FN3. The zero-order valence-corrected chi connectivity index (χ0v) is 9.52. The summed E-state index contributed by atoms with van der Waals surface area (Å²) >= 11 is 0. The third kappa shape index (κ3) is 2.49. The Kier molecular flexibility index (Phi) is 3.46. The van der Waals surface area contributed by atoms with Crippen LogP contribution in [0, 0.1) is 12.7 Å². The van der Waals surface area contributed by atoms with E-state index in [-0.39, 0.29) is 11.9 Å². The van der Waals surface area contributed by atoms with Crippen LogP contribution in [0.25, 0.3) is 0 Å². The van der Waals surface area contributed by atoms with E-state index in [0.29, 0.717) is 0 Å². The van der Waals surface area contributed by atoms with Crippen molar-refractivity contribution in [2.45, 2.75) is 13.0 Å². The number of hydrogen-bond donors (Lipinski definition) is 2. The van der Waals surface area contributed by atoms with Crippen LogP contribution in [-0.4, -0.2) is 4.98 Å². The van der Waals surface area contributed by atoms with Crippen LogP contribution in [0.4, 0.5) is 4.39 Å². The number of nitrogens with zero attached hydrogens (tertiary/aromatic N) is 1. The molecule has 3 nitrogen and oxygen atoms in total. The smallest absolute Gasteiger partial charge is 0.123 e. The first-order chi connectivity index (χ1) is 8.22. The number of hydrazine groups is 1. The molecule has 0 saturated heterocycles. The number of nitrogens with one attached hydrogen (secondary N) is 1. The van der Waals surface area contributed by atoms with E-state index in [2.05, 4.69) is 10.4 Å². The van der Waals surface area contributed by atoms with Gasteiger partial charge in [-0.25, -0.2) is 9.82 Å². The van der Waals surface area contributed by atoms with Crippen molar-refractivity contribution < 1.29 is 4.39 Å². The molecule has 0 aliphatic rings. The van der Waals surface area contributed by atoms with Gasteiger partial charge in [0, 0.05) is 6.20 Å². The van der Waals surface area contributed by atoms with Crippen LogP contribution in [0.5, 0.6) is 0 Å². The SMILES string of the molecule is Cc1cccnc1C(NN)c1cccc(F)c1. The third-order valence-electron chi connectivity index (χ3n) is 2.67. The van der Waals surface area contributed by atoms with Crippen molar-refractivity contribution in [3.8, 4) is 0 Å². The summed E-state index contributed by atoms with van der Waals surface area (Å²) in [5.74, 6) is 5.26. The van der Waals surface area contributed by atoms with Gasteiger partial charge in [0.25, 0.3) is 0 Å². The van der Waals surface area contributed by atoms with Gasteiger partial charge >= 0.3 is 0 Å². The Morgan fingerprint density at radius 3 is 2.76 bits per heavy atom. The maximum atomic E-state index is 13.2. The Labute approximate surface area is 99.5 Å². The van der Waals surface area contributed by atoms with Crippen LogP contribution < -0.4 is 11.3 Å². The summed E-state index contributed by atoms with van der Waals surface area (Å²) in [5, 5.41) is 0. The van der Waals surface area contributed by atoms with E-state index >= 15 is 0 Å². The lowest BCUT2D eigenvalue weighted by Gasteiger charge is -2.17. The summed E-state index contributed by atoms with van der Waals surface area (Å²) in [5.41, 5.74) is 5.25. The number of aromatic nitrogens is 1. The molecule has 1 heterocycles. The molecular weight excluding hydrogens is 217 g/mol. The highest BCUT2D eigenvalue weighted by atomic mass is 19.1. The first-order valence-electron chi connectivity index (χ1n) is 5.35. The number of halogens is 1. The van der Waals surface area contributed by atoms with Crippen molar-refractivity contribution >= 4 is 0 Å². The number of rotatable bonds is 3. The molecule has 1 atom stereocenters. The molecule has 0 spiro atoms. The quantitative estimate of drug-likeness (QED) is 0.628. The standard InChI is InChI=1S/C13H14FN3/c1-9-4-3-7-16-12(9)13(17-15)10-5-2-6-11(14)8-10/h2-8,13,17H,15H2,1H3. The fraction of sp³-hybridized carbons (Fsp3) is 0.154. The van der Waals surface area contributed by atoms with Crippen molar-refractivity contribution in [3.63, 3.8) is 0 Å². The lowest BCUT2D eigenvalue weighted by Crippen LogP contribution is -2.30. The van der Waals surface area contributed by atoms with Crippen molar-refractivity contribution in [3.05, 3.63) is 65.2 Å². The van der Waals surface area contributed by atoms with Gasteiger partial charge in [0.2, 0.25) is 0 Å². The summed E-state index contributed by atoms with van der Waals surface area (Å²) in [6, 6.07) is 9.85. The van der Waals surface area contributed by atoms with Crippen LogP contribution in [0.15, 0.2) is 42.6 Å². The minimum atomic E-state index is -0.299. The minimum absolute atomic E-state index is 0.281. The van der Waals surface area contributed by atoms with Gasteiger partial charge in [0.05, 0.1) is 11.7 Å². The molecule has 17 heavy (non-hydrogen) atoms. The summed E-state index contributed by atoms with van der Waals surface area (Å²) in [6.45, 7) is 1.95. The molecule has 0 fully saturated rings. The van der Waals surface area contributed by atoms with Gasteiger partial charge in [-0.3, -0.25) is 10.8 Å². The van der Waals surface area contributed by atoms with Gasteiger partial charge in [-0.1, -0.05) is 18.2 Å². The normalized spacial score (nSPS) is 12.4. The molecule has 1 unspecified atom stereocenters. The monoisotopic (exact) mass is 231 g/mol. The first kappa shape index (κ1) is 11.7. The van der Waals surface area contributed by atoms with Gasteiger partial charge in [-0.15, -0.1) is 0 Å². The van der Waals surface area contributed by atoms with E-state index in [1.54, 1.807) is 12.3 Å². The molecule has 0 aliphatic carbocycles. The number of nitrogens with two attached hydrogens (primary N) is 1. The van der Waals surface area contributed by atoms with Crippen LogP contribution in [-0.2, 0) is 0 Å².